The smallest absolute Gasteiger partial charge is 0.123 e. The highest BCUT2D eigenvalue weighted by atomic mass is 16.5. The van der Waals surface area contributed by atoms with Gasteiger partial charge in [0.05, 0.1) is 20.3 Å². The number of hydrogen-bond acceptors (Lipinski definition) is 4. The second-order valence-corrected chi connectivity index (χ2v) is 3.93. The normalized spacial score (nSPS) is 12.6. The van der Waals surface area contributed by atoms with E-state index in [4.69, 9.17) is 15.2 Å². The van der Waals surface area contributed by atoms with E-state index in [9.17, 15) is 0 Å². The third-order valence-electron chi connectivity index (χ3n) is 3.05. The molecule has 2 N–H and O–H groups in total. The molecule has 0 saturated heterocycles. The van der Waals surface area contributed by atoms with E-state index in [1.165, 1.54) is 0 Å². The fraction of sp³-hybridized carbons (Fsp3) is 0.538. The molecule has 0 aliphatic heterocycles. The van der Waals surface area contributed by atoms with Crippen LogP contribution in [-0.2, 0) is 0 Å². The zero-order valence-electron chi connectivity index (χ0n) is 11.1. The van der Waals surface area contributed by atoms with Gasteiger partial charge in [0.2, 0.25) is 0 Å². The van der Waals surface area contributed by atoms with Gasteiger partial charge < -0.3 is 15.2 Å². The average Bonchev–Trinajstić information content (AvgIpc) is 2.39. The SMILES string of the molecule is CCN(C)C(CN)c1cc(OC)ccc1OC. The first kappa shape index (κ1) is 13.8. The van der Waals surface area contributed by atoms with E-state index in [1.54, 1.807) is 14.2 Å². The summed E-state index contributed by atoms with van der Waals surface area (Å²) in [5.74, 6) is 1.67. The van der Waals surface area contributed by atoms with Gasteiger partial charge in [-0.05, 0) is 31.8 Å². The number of likely N-dealkylation sites (N-methyl/N-ethyl adjacent to an activating group) is 1. The molecule has 96 valence electrons. The molecule has 1 aromatic rings. The topological polar surface area (TPSA) is 47.7 Å². The van der Waals surface area contributed by atoms with Gasteiger partial charge in [0, 0.05) is 12.1 Å². The number of methoxy groups -OCH3 is 2. The molecule has 1 rings (SSSR count). The molecule has 0 aromatic heterocycles. The van der Waals surface area contributed by atoms with Crippen molar-refractivity contribution in [2.24, 2.45) is 5.73 Å². The van der Waals surface area contributed by atoms with Crippen molar-refractivity contribution < 1.29 is 9.47 Å². The Bertz CT molecular complexity index is 355. The maximum Gasteiger partial charge on any atom is 0.123 e. The van der Waals surface area contributed by atoms with Crippen LogP contribution >= 0.6 is 0 Å². The quantitative estimate of drug-likeness (QED) is 0.818. The number of hydrogen-bond donors (Lipinski definition) is 1. The largest absolute Gasteiger partial charge is 0.497 e. The first-order valence-corrected chi connectivity index (χ1v) is 5.80. The minimum atomic E-state index is 0.144. The Balaban J connectivity index is 3.14. The monoisotopic (exact) mass is 238 g/mol. The highest BCUT2D eigenvalue weighted by Crippen LogP contribution is 2.31. The van der Waals surface area contributed by atoms with E-state index >= 15 is 0 Å². The summed E-state index contributed by atoms with van der Waals surface area (Å²) in [7, 11) is 5.38. The van der Waals surface area contributed by atoms with Crippen LogP contribution in [0.5, 0.6) is 11.5 Å². The predicted molar refractivity (Wildman–Crippen MR) is 69.6 cm³/mol. The van der Waals surface area contributed by atoms with Crippen LogP contribution in [0.3, 0.4) is 0 Å². The van der Waals surface area contributed by atoms with Crippen molar-refractivity contribution in [2.75, 3.05) is 34.4 Å². The van der Waals surface area contributed by atoms with Crippen LogP contribution in [0, 0.1) is 0 Å². The molecule has 0 aliphatic rings. The summed E-state index contributed by atoms with van der Waals surface area (Å²) in [6, 6.07) is 5.94. The Morgan fingerprint density at radius 3 is 2.47 bits per heavy atom. The number of benzene rings is 1. The lowest BCUT2D eigenvalue weighted by Gasteiger charge is -2.27. The highest BCUT2D eigenvalue weighted by Gasteiger charge is 2.19. The lowest BCUT2D eigenvalue weighted by Crippen LogP contribution is -2.30. The summed E-state index contributed by atoms with van der Waals surface area (Å²) in [4.78, 5) is 2.19. The third kappa shape index (κ3) is 3.11. The highest BCUT2D eigenvalue weighted by molar-refractivity contribution is 5.42. The van der Waals surface area contributed by atoms with Crippen LogP contribution in [0.2, 0.25) is 0 Å². The standard InChI is InChI=1S/C13H22N2O2/c1-5-15(2)12(9-14)11-8-10(16-3)6-7-13(11)17-4/h6-8,12H,5,9,14H2,1-4H3. The van der Waals surface area contributed by atoms with Crippen molar-refractivity contribution in [3.63, 3.8) is 0 Å². The van der Waals surface area contributed by atoms with Gasteiger partial charge in [0.1, 0.15) is 11.5 Å². The Kier molecular flexibility index (Phi) is 5.25. The second-order valence-electron chi connectivity index (χ2n) is 3.93. The second kappa shape index (κ2) is 6.47. The Labute approximate surface area is 103 Å². The molecule has 0 fully saturated rings. The van der Waals surface area contributed by atoms with Crippen LogP contribution in [0.15, 0.2) is 18.2 Å². The average molecular weight is 238 g/mol. The number of rotatable bonds is 6. The lowest BCUT2D eigenvalue weighted by atomic mass is 10.0. The molecule has 4 heteroatoms. The van der Waals surface area contributed by atoms with Crippen LogP contribution in [-0.4, -0.2) is 39.3 Å². The molecule has 0 heterocycles. The van der Waals surface area contributed by atoms with E-state index in [1.807, 2.05) is 18.2 Å². The van der Waals surface area contributed by atoms with E-state index in [2.05, 4.69) is 18.9 Å². The lowest BCUT2D eigenvalue weighted by molar-refractivity contribution is 0.255. The molecule has 0 saturated carbocycles. The first-order chi connectivity index (χ1) is 8.17. The molecular formula is C13H22N2O2. The molecule has 4 nitrogen and oxygen atoms in total. The van der Waals surface area contributed by atoms with Gasteiger partial charge >= 0.3 is 0 Å². The predicted octanol–water partition coefficient (Wildman–Crippen LogP) is 1.66. The summed E-state index contributed by atoms with van der Waals surface area (Å²) >= 11 is 0. The summed E-state index contributed by atoms with van der Waals surface area (Å²) in [5, 5.41) is 0. The van der Waals surface area contributed by atoms with Crippen molar-refractivity contribution in [1.29, 1.82) is 0 Å². The van der Waals surface area contributed by atoms with Crippen molar-refractivity contribution in [3.8, 4) is 11.5 Å². The van der Waals surface area contributed by atoms with Gasteiger partial charge in [0.25, 0.3) is 0 Å². The van der Waals surface area contributed by atoms with Crippen LogP contribution < -0.4 is 15.2 Å². The third-order valence-corrected chi connectivity index (χ3v) is 3.05. The maximum absolute atomic E-state index is 5.86. The first-order valence-electron chi connectivity index (χ1n) is 5.80. The molecule has 0 aliphatic carbocycles. The molecule has 0 spiro atoms. The van der Waals surface area contributed by atoms with E-state index in [-0.39, 0.29) is 6.04 Å². The molecule has 1 atom stereocenters. The Morgan fingerprint density at radius 1 is 1.29 bits per heavy atom. The van der Waals surface area contributed by atoms with E-state index in [0.717, 1.165) is 23.6 Å². The van der Waals surface area contributed by atoms with E-state index < -0.39 is 0 Å². The van der Waals surface area contributed by atoms with Crippen molar-refractivity contribution in [1.82, 2.24) is 4.90 Å². The molecule has 0 radical (unpaired) electrons. The summed E-state index contributed by atoms with van der Waals surface area (Å²) in [6.45, 7) is 3.59. The summed E-state index contributed by atoms with van der Waals surface area (Å²) in [5.41, 5.74) is 6.93. The zero-order chi connectivity index (χ0) is 12.8. The molecular weight excluding hydrogens is 216 g/mol. The van der Waals surface area contributed by atoms with Gasteiger partial charge in [-0.25, -0.2) is 0 Å². The fourth-order valence-electron chi connectivity index (χ4n) is 1.86. The molecule has 17 heavy (non-hydrogen) atoms. The number of nitrogens with two attached hydrogens (primary N) is 1. The van der Waals surface area contributed by atoms with Crippen molar-refractivity contribution in [3.05, 3.63) is 23.8 Å². The summed E-state index contributed by atoms with van der Waals surface area (Å²) < 4.78 is 10.6. The van der Waals surface area contributed by atoms with Gasteiger partial charge in [-0.2, -0.15) is 0 Å². The van der Waals surface area contributed by atoms with Crippen LogP contribution in [0.4, 0.5) is 0 Å². The van der Waals surface area contributed by atoms with E-state index in [0.29, 0.717) is 6.54 Å². The molecule has 0 bridgehead atoms. The molecule has 0 amide bonds. The molecule has 1 aromatic carbocycles. The minimum absolute atomic E-state index is 0.144. The van der Waals surface area contributed by atoms with Gasteiger partial charge in [-0.1, -0.05) is 6.92 Å². The number of ether oxygens (including phenoxy) is 2. The van der Waals surface area contributed by atoms with Crippen molar-refractivity contribution >= 4 is 0 Å². The molecule has 1 unspecified atom stereocenters. The van der Waals surface area contributed by atoms with Gasteiger partial charge in [0.15, 0.2) is 0 Å². The van der Waals surface area contributed by atoms with Gasteiger partial charge in [-0.3, -0.25) is 4.90 Å². The Morgan fingerprint density at radius 2 is 2.00 bits per heavy atom. The van der Waals surface area contributed by atoms with Crippen LogP contribution in [0.1, 0.15) is 18.5 Å². The summed E-state index contributed by atoms with van der Waals surface area (Å²) in [6.07, 6.45) is 0. The van der Waals surface area contributed by atoms with Crippen molar-refractivity contribution in [2.45, 2.75) is 13.0 Å². The fourth-order valence-corrected chi connectivity index (χ4v) is 1.86. The maximum atomic E-state index is 5.86. The van der Waals surface area contributed by atoms with Gasteiger partial charge in [-0.15, -0.1) is 0 Å². The number of nitrogens with zero attached hydrogens (tertiary/aromatic N) is 1. The Hall–Kier alpha value is -1.26. The minimum Gasteiger partial charge on any atom is -0.497 e. The zero-order valence-corrected chi connectivity index (χ0v) is 11.1. The van der Waals surface area contributed by atoms with Crippen LogP contribution in [0.25, 0.3) is 0 Å².